The minimum Gasteiger partial charge on any atom is -0.462 e. The average Bonchev–Trinajstić information content (AvgIpc) is 2.86. The predicted molar refractivity (Wildman–Crippen MR) is 71.4 cm³/mol. The van der Waals surface area contributed by atoms with Gasteiger partial charge in [0.15, 0.2) is 0 Å². The van der Waals surface area contributed by atoms with Gasteiger partial charge in [-0.2, -0.15) is 0 Å². The van der Waals surface area contributed by atoms with Gasteiger partial charge in [0, 0.05) is 5.57 Å². The van der Waals surface area contributed by atoms with Crippen molar-refractivity contribution in [1.29, 1.82) is 0 Å². The summed E-state index contributed by atoms with van der Waals surface area (Å²) in [7, 11) is 0. The number of esters is 4. The standard InChI is InChI=1S/C14H18O8/c1-9(2)14(18)20-6-5-19-11(15)3-4-12(16)22-10-7-13(17)21-8-10/h10H,1,3-8H2,2H3. The fourth-order valence-electron chi connectivity index (χ4n) is 1.50. The van der Waals surface area contributed by atoms with E-state index in [0.29, 0.717) is 0 Å². The monoisotopic (exact) mass is 314 g/mol. The van der Waals surface area contributed by atoms with E-state index in [4.69, 9.17) is 14.2 Å². The highest BCUT2D eigenvalue weighted by Gasteiger charge is 2.27. The molecule has 1 heterocycles. The Morgan fingerprint density at radius 1 is 1.18 bits per heavy atom. The third-order valence-electron chi connectivity index (χ3n) is 2.58. The molecular weight excluding hydrogens is 296 g/mol. The second-order valence-corrected chi connectivity index (χ2v) is 4.64. The molecule has 0 aromatic carbocycles. The van der Waals surface area contributed by atoms with Crippen LogP contribution in [0.2, 0.25) is 0 Å². The Kier molecular flexibility index (Phi) is 7.07. The van der Waals surface area contributed by atoms with Gasteiger partial charge in [-0.3, -0.25) is 14.4 Å². The SMILES string of the molecule is C=C(C)C(=O)OCCOC(=O)CCC(=O)OC1COC(=O)C1. The maximum atomic E-state index is 11.4. The number of carbonyl (C=O) groups is 4. The Labute approximate surface area is 127 Å². The first-order valence-corrected chi connectivity index (χ1v) is 6.72. The first-order valence-electron chi connectivity index (χ1n) is 6.72. The molecule has 0 radical (unpaired) electrons. The summed E-state index contributed by atoms with van der Waals surface area (Å²) in [5, 5.41) is 0. The molecule has 1 saturated heterocycles. The zero-order valence-corrected chi connectivity index (χ0v) is 12.3. The number of carbonyl (C=O) groups excluding carboxylic acids is 4. The summed E-state index contributed by atoms with van der Waals surface area (Å²) in [5.74, 6) is -2.19. The smallest absolute Gasteiger partial charge is 0.333 e. The number of ether oxygens (including phenoxy) is 4. The van der Waals surface area contributed by atoms with Crippen molar-refractivity contribution in [3.8, 4) is 0 Å². The molecule has 0 saturated carbocycles. The van der Waals surface area contributed by atoms with E-state index in [2.05, 4.69) is 11.3 Å². The highest BCUT2D eigenvalue weighted by molar-refractivity contribution is 5.86. The van der Waals surface area contributed by atoms with Crippen LogP contribution in [0.1, 0.15) is 26.2 Å². The van der Waals surface area contributed by atoms with E-state index in [1.807, 2.05) is 0 Å². The summed E-state index contributed by atoms with van der Waals surface area (Å²) < 4.78 is 19.1. The molecule has 8 nitrogen and oxygen atoms in total. The normalized spacial score (nSPS) is 16.6. The lowest BCUT2D eigenvalue weighted by atomic mass is 10.3. The molecule has 0 aromatic heterocycles. The molecule has 0 aromatic rings. The Morgan fingerprint density at radius 3 is 2.41 bits per heavy atom. The summed E-state index contributed by atoms with van der Waals surface area (Å²) in [6.07, 6.45) is -0.869. The van der Waals surface area contributed by atoms with E-state index >= 15 is 0 Å². The molecule has 0 aliphatic carbocycles. The number of hydrogen-bond donors (Lipinski definition) is 0. The van der Waals surface area contributed by atoms with Gasteiger partial charge < -0.3 is 18.9 Å². The summed E-state index contributed by atoms with van der Waals surface area (Å²) in [6, 6.07) is 0. The Morgan fingerprint density at radius 2 is 1.82 bits per heavy atom. The quantitative estimate of drug-likeness (QED) is 0.272. The highest BCUT2D eigenvalue weighted by Crippen LogP contribution is 2.11. The van der Waals surface area contributed by atoms with Crippen LogP contribution in [0.4, 0.5) is 0 Å². The molecule has 0 spiro atoms. The van der Waals surface area contributed by atoms with Gasteiger partial charge in [-0.05, 0) is 6.92 Å². The third kappa shape index (κ3) is 6.87. The van der Waals surface area contributed by atoms with Crippen molar-refractivity contribution in [3.63, 3.8) is 0 Å². The van der Waals surface area contributed by atoms with Crippen LogP contribution in [0, 0.1) is 0 Å². The fourth-order valence-corrected chi connectivity index (χ4v) is 1.50. The minimum atomic E-state index is -0.609. The van der Waals surface area contributed by atoms with Crippen molar-refractivity contribution < 1.29 is 38.1 Å². The van der Waals surface area contributed by atoms with Gasteiger partial charge in [0.25, 0.3) is 0 Å². The van der Waals surface area contributed by atoms with Gasteiger partial charge in [-0.15, -0.1) is 0 Å². The van der Waals surface area contributed by atoms with Crippen LogP contribution in [-0.4, -0.2) is 49.8 Å². The lowest BCUT2D eigenvalue weighted by Crippen LogP contribution is -2.19. The van der Waals surface area contributed by atoms with Crippen LogP contribution in [0.25, 0.3) is 0 Å². The molecule has 1 rings (SSSR count). The number of cyclic esters (lactones) is 1. The lowest BCUT2D eigenvalue weighted by Gasteiger charge is -2.09. The van der Waals surface area contributed by atoms with Crippen molar-refractivity contribution in [3.05, 3.63) is 12.2 Å². The molecule has 1 unspecified atom stereocenters. The molecule has 122 valence electrons. The third-order valence-corrected chi connectivity index (χ3v) is 2.58. The Bertz CT molecular complexity index is 467. The van der Waals surface area contributed by atoms with Crippen LogP contribution in [0.3, 0.4) is 0 Å². The summed E-state index contributed by atoms with van der Waals surface area (Å²) in [6.45, 7) is 4.77. The first-order chi connectivity index (χ1) is 10.4. The molecule has 0 bridgehead atoms. The fraction of sp³-hybridized carbons (Fsp3) is 0.571. The number of rotatable bonds is 8. The first kappa shape index (κ1) is 17.7. The van der Waals surface area contributed by atoms with Crippen molar-refractivity contribution >= 4 is 23.9 Å². The van der Waals surface area contributed by atoms with Gasteiger partial charge in [-0.25, -0.2) is 4.79 Å². The van der Waals surface area contributed by atoms with E-state index in [1.54, 1.807) is 0 Å². The zero-order valence-electron chi connectivity index (χ0n) is 12.3. The van der Waals surface area contributed by atoms with Crippen LogP contribution in [0.15, 0.2) is 12.2 Å². The molecule has 1 aliphatic heterocycles. The van der Waals surface area contributed by atoms with E-state index in [9.17, 15) is 19.2 Å². The van der Waals surface area contributed by atoms with Crippen LogP contribution in [-0.2, 0) is 38.1 Å². The topological polar surface area (TPSA) is 105 Å². The Balaban J connectivity index is 2.07. The average molecular weight is 314 g/mol. The van der Waals surface area contributed by atoms with Gasteiger partial charge in [0.2, 0.25) is 0 Å². The molecule has 0 N–H and O–H groups in total. The predicted octanol–water partition coefficient (Wildman–Crippen LogP) is 0.288. The molecule has 1 fully saturated rings. The van der Waals surface area contributed by atoms with Crippen LogP contribution in [0.5, 0.6) is 0 Å². The molecular formula is C14H18O8. The minimum absolute atomic E-state index is 0.0320. The molecule has 0 amide bonds. The van der Waals surface area contributed by atoms with E-state index in [0.717, 1.165) is 0 Å². The molecule has 22 heavy (non-hydrogen) atoms. The Hall–Kier alpha value is -2.38. The van der Waals surface area contributed by atoms with E-state index in [-0.39, 0.29) is 44.7 Å². The summed E-state index contributed by atoms with van der Waals surface area (Å²) >= 11 is 0. The van der Waals surface area contributed by atoms with E-state index < -0.39 is 30.0 Å². The summed E-state index contributed by atoms with van der Waals surface area (Å²) in [5.41, 5.74) is 0.253. The molecule has 1 atom stereocenters. The van der Waals surface area contributed by atoms with Gasteiger partial charge >= 0.3 is 23.9 Å². The van der Waals surface area contributed by atoms with Crippen molar-refractivity contribution in [2.45, 2.75) is 32.3 Å². The van der Waals surface area contributed by atoms with Gasteiger partial charge in [-0.1, -0.05) is 6.58 Å². The second kappa shape index (κ2) is 8.81. The largest absolute Gasteiger partial charge is 0.462 e. The maximum absolute atomic E-state index is 11.4. The second-order valence-electron chi connectivity index (χ2n) is 4.64. The summed E-state index contributed by atoms with van der Waals surface area (Å²) in [4.78, 5) is 44.6. The van der Waals surface area contributed by atoms with Crippen molar-refractivity contribution in [1.82, 2.24) is 0 Å². The maximum Gasteiger partial charge on any atom is 0.333 e. The van der Waals surface area contributed by atoms with Crippen LogP contribution < -0.4 is 0 Å². The molecule has 8 heteroatoms. The van der Waals surface area contributed by atoms with Gasteiger partial charge in [0.1, 0.15) is 25.9 Å². The zero-order chi connectivity index (χ0) is 16.5. The van der Waals surface area contributed by atoms with Crippen molar-refractivity contribution in [2.75, 3.05) is 19.8 Å². The number of hydrogen-bond acceptors (Lipinski definition) is 8. The highest BCUT2D eigenvalue weighted by atomic mass is 16.6. The van der Waals surface area contributed by atoms with Crippen LogP contribution >= 0.6 is 0 Å². The lowest BCUT2D eigenvalue weighted by molar-refractivity contribution is -0.155. The van der Waals surface area contributed by atoms with Crippen molar-refractivity contribution in [2.24, 2.45) is 0 Å². The van der Waals surface area contributed by atoms with E-state index in [1.165, 1.54) is 6.92 Å². The molecule has 1 aliphatic rings. The van der Waals surface area contributed by atoms with Gasteiger partial charge in [0.05, 0.1) is 19.3 Å².